The van der Waals surface area contributed by atoms with Crippen molar-refractivity contribution in [3.63, 3.8) is 0 Å². The molecule has 1 rings (SSSR count). The molecule has 0 spiro atoms. The van der Waals surface area contributed by atoms with Crippen LogP contribution in [0, 0.1) is 11.8 Å². The third-order valence-corrected chi connectivity index (χ3v) is 3.11. The van der Waals surface area contributed by atoms with E-state index in [1.54, 1.807) is 0 Å². The number of rotatable bonds is 3. The van der Waals surface area contributed by atoms with E-state index in [4.69, 9.17) is 11.6 Å². The molecular formula is C10H15ClF3NO. The zero-order valence-electron chi connectivity index (χ0n) is 8.82. The van der Waals surface area contributed by atoms with Gasteiger partial charge in [-0.3, -0.25) is 4.79 Å². The molecule has 16 heavy (non-hydrogen) atoms. The summed E-state index contributed by atoms with van der Waals surface area (Å²) in [6, 6.07) is 0. The van der Waals surface area contributed by atoms with Gasteiger partial charge in [-0.15, -0.1) is 11.6 Å². The van der Waals surface area contributed by atoms with E-state index in [0.29, 0.717) is 19.3 Å². The molecule has 1 aliphatic rings. The van der Waals surface area contributed by atoms with Gasteiger partial charge in [-0.05, 0) is 12.8 Å². The standard InChI is InChI=1S/C10H15ClF3NO/c11-5-6-15-9(16)7-3-1-2-4-8(7)10(12,13)14/h7-8H,1-6H2,(H,15,16). The average molecular weight is 258 g/mol. The van der Waals surface area contributed by atoms with Crippen LogP contribution in [0.5, 0.6) is 0 Å². The van der Waals surface area contributed by atoms with E-state index in [2.05, 4.69) is 5.32 Å². The van der Waals surface area contributed by atoms with Crippen molar-refractivity contribution in [2.45, 2.75) is 31.9 Å². The molecule has 2 atom stereocenters. The van der Waals surface area contributed by atoms with Crippen LogP contribution in [0.3, 0.4) is 0 Å². The Morgan fingerprint density at radius 3 is 2.50 bits per heavy atom. The molecule has 1 saturated carbocycles. The van der Waals surface area contributed by atoms with Crippen molar-refractivity contribution in [2.24, 2.45) is 11.8 Å². The summed E-state index contributed by atoms with van der Waals surface area (Å²) in [6.45, 7) is 0.224. The Labute approximate surface area is 97.5 Å². The Morgan fingerprint density at radius 2 is 1.94 bits per heavy atom. The van der Waals surface area contributed by atoms with E-state index in [9.17, 15) is 18.0 Å². The fourth-order valence-corrected chi connectivity index (χ4v) is 2.23. The summed E-state index contributed by atoms with van der Waals surface area (Å²) < 4.78 is 38.0. The van der Waals surface area contributed by atoms with Crippen LogP contribution >= 0.6 is 11.6 Å². The number of nitrogens with one attached hydrogen (secondary N) is 1. The van der Waals surface area contributed by atoms with Crippen molar-refractivity contribution in [3.05, 3.63) is 0 Å². The lowest BCUT2D eigenvalue weighted by molar-refractivity contribution is -0.198. The number of halogens is 4. The van der Waals surface area contributed by atoms with Gasteiger partial charge >= 0.3 is 6.18 Å². The molecule has 0 aromatic rings. The van der Waals surface area contributed by atoms with Crippen LogP contribution in [0.2, 0.25) is 0 Å². The van der Waals surface area contributed by atoms with Gasteiger partial charge in [0.1, 0.15) is 0 Å². The van der Waals surface area contributed by atoms with Crippen molar-refractivity contribution in [1.29, 1.82) is 0 Å². The zero-order chi connectivity index (χ0) is 12.2. The summed E-state index contributed by atoms with van der Waals surface area (Å²) >= 11 is 5.37. The summed E-state index contributed by atoms with van der Waals surface area (Å²) in [7, 11) is 0. The number of carbonyl (C=O) groups is 1. The monoisotopic (exact) mass is 257 g/mol. The number of carbonyl (C=O) groups excluding carboxylic acids is 1. The Morgan fingerprint density at radius 1 is 1.31 bits per heavy atom. The topological polar surface area (TPSA) is 29.1 Å². The average Bonchev–Trinajstić information content (AvgIpc) is 2.24. The quantitative estimate of drug-likeness (QED) is 0.774. The molecule has 1 N–H and O–H groups in total. The van der Waals surface area contributed by atoms with Gasteiger partial charge in [0.15, 0.2) is 0 Å². The predicted molar refractivity (Wildman–Crippen MR) is 55.2 cm³/mol. The van der Waals surface area contributed by atoms with Gasteiger partial charge in [-0.2, -0.15) is 13.2 Å². The number of alkyl halides is 4. The van der Waals surface area contributed by atoms with Crippen LogP contribution in [0.1, 0.15) is 25.7 Å². The van der Waals surface area contributed by atoms with E-state index in [1.165, 1.54) is 0 Å². The SMILES string of the molecule is O=C(NCCCl)C1CCCCC1C(F)(F)F. The lowest BCUT2D eigenvalue weighted by atomic mass is 9.78. The molecular weight excluding hydrogens is 243 g/mol. The molecule has 0 aromatic heterocycles. The first-order valence-corrected chi connectivity index (χ1v) is 5.90. The second-order valence-electron chi connectivity index (χ2n) is 4.02. The second-order valence-corrected chi connectivity index (χ2v) is 4.40. The highest BCUT2D eigenvalue weighted by Crippen LogP contribution is 2.41. The molecule has 1 aliphatic carbocycles. The Balaban J connectivity index is 2.63. The number of hydrogen-bond acceptors (Lipinski definition) is 1. The zero-order valence-corrected chi connectivity index (χ0v) is 9.57. The van der Waals surface area contributed by atoms with Gasteiger partial charge in [-0.25, -0.2) is 0 Å². The predicted octanol–water partition coefficient (Wildman–Crippen LogP) is 2.71. The van der Waals surface area contributed by atoms with Gasteiger partial charge in [0.25, 0.3) is 0 Å². The van der Waals surface area contributed by atoms with Crippen LogP contribution in [-0.4, -0.2) is 24.5 Å². The Bertz CT molecular complexity index is 245. The maximum atomic E-state index is 12.7. The third kappa shape index (κ3) is 3.54. The fraction of sp³-hybridized carbons (Fsp3) is 0.900. The van der Waals surface area contributed by atoms with Gasteiger partial charge in [-0.1, -0.05) is 12.8 Å². The van der Waals surface area contributed by atoms with Gasteiger partial charge in [0.2, 0.25) is 5.91 Å². The largest absolute Gasteiger partial charge is 0.392 e. The third-order valence-electron chi connectivity index (χ3n) is 2.92. The van der Waals surface area contributed by atoms with Crippen LogP contribution in [0.4, 0.5) is 13.2 Å². The van der Waals surface area contributed by atoms with Crippen molar-refractivity contribution in [2.75, 3.05) is 12.4 Å². The molecule has 0 aliphatic heterocycles. The second kappa shape index (κ2) is 5.75. The normalized spacial score (nSPS) is 26.5. The molecule has 0 heterocycles. The van der Waals surface area contributed by atoms with E-state index in [1.807, 2.05) is 0 Å². The molecule has 6 heteroatoms. The van der Waals surface area contributed by atoms with Crippen molar-refractivity contribution < 1.29 is 18.0 Å². The minimum absolute atomic E-state index is 0.0580. The molecule has 0 aromatic carbocycles. The van der Waals surface area contributed by atoms with Crippen LogP contribution in [-0.2, 0) is 4.79 Å². The number of amides is 1. The van der Waals surface area contributed by atoms with Crippen molar-refractivity contribution in [1.82, 2.24) is 5.32 Å². The summed E-state index contributed by atoms with van der Waals surface area (Å²) in [5.41, 5.74) is 0. The molecule has 2 nitrogen and oxygen atoms in total. The van der Waals surface area contributed by atoms with Crippen LogP contribution in [0.25, 0.3) is 0 Å². The van der Waals surface area contributed by atoms with Gasteiger partial charge < -0.3 is 5.32 Å². The Kier molecular flexibility index (Phi) is 4.89. The lowest BCUT2D eigenvalue weighted by Gasteiger charge is -2.31. The highest BCUT2D eigenvalue weighted by Gasteiger charge is 2.47. The minimum Gasteiger partial charge on any atom is -0.355 e. The fourth-order valence-electron chi connectivity index (χ4n) is 2.14. The van der Waals surface area contributed by atoms with Gasteiger partial charge in [0, 0.05) is 18.3 Å². The highest BCUT2D eigenvalue weighted by molar-refractivity contribution is 6.18. The minimum atomic E-state index is -4.27. The van der Waals surface area contributed by atoms with E-state index in [-0.39, 0.29) is 18.8 Å². The molecule has 1 amide bonds. The lowest BCUT2D eigenvalue weighted by Crippen LogP contribution is -2.43. The summed E-state index contributed by atoms with van der Waals surface area (Å²) in [6.07, 6.45) is -2.67. The maximum Gasteiger partial charge on any atom is 0.392 e. The summed E-state index contributed by atoms with van der Waals surface area (Å²) in [4.78, 5) is 11.5. The first kappa shape index (κ1) is 13.6. The first-order valence-electron chi connectivity index (χ1n) is 5.37. The Hall–Kier alpha value is -0.450. The van der Waals surface area contributed by atoms with E-state index < -0.39 is 23.9 Å². The summed E-state index contributed by atoms with van der Waals surface area (Å²) in [5.74, 6) is -2.72. The maximum absolute atomic E-state index is 12.7. The molecule has 94 valence electrons. The molecule has 0 bridgehead atoms. The van der Waals surface area contributed by atoms with E-state index >= 15 is 0 Å². The smallest absolute Gasteiger partial charge is 0.355 e. The van der Waals surface area contributed by atoms with Crippen LogP contribution in [0.15, 0.2) is 0 Å². The van der Waals surface area contributed by atoms with Crippen LogP contribution < -0.4 is 5.32 Å². The van der Waals surface area contributed by atoms with Crippen molar-refractivity contribution >= 4 is 17.5 Å². The summed E-state index contributed by atoms with van der Waals surface area (Å²) in [5, 5.41) is 2.43. The van der Waals surface area contributed by atoms with E-state index in [0.717, 1.165) is 0 Å². The first-order chi connectivity index (χ1) is 7.46. The molecule has 0 radical (unpaired) electrons. The molecule has 1 fully saturated rings. The number of hydrogen-bond donors (Lipinski definition) is 1. The molecule has 2 unspecified atom stereocenters. The van der Waals surface area contributed by atoms with Gasteiger partial charge in [0.05, 0.1) is 5.92 Å². The van der Waals surface area contributed by atoms with Crippen molar-refractivity contribution in [3.8, 4) is 0 Å². The highest BCUT2D eigenvalue weighted by atomic mass is 35.5. The molecule has 0 saturated heterocycles.